The molecule has 1 saturated carbocycles. The summed E-state index contributed by atoms with van der Waals surface area (Å²) in [6, 6.07) is 3.70. The van der Waals surface area contributed by atoms with Crippen LogP contribution in [0.25, 0.3) is 0 Å². The summed E-state index contributed by atoms with van der Waals surface area (Å²) in [5.41, 5.74) is 0.603. The first-order chi connectivity index (χ1) is 6.68. The molecular formula is C11H10F2O. The molecule has 1 nitrogen and oxygen atoms in total. The number of hydrogen-bond donors (Lipinski definition) is 0. The van der Waals surface area contributed by atoms with Gasteiger partial charge in [-0.1, -0.05) is 6.07 Å². The number of halogens is 2. The first-order valence-electron chi connectivity index (χ1n) is 4.66. The Hall–Kier alpha value is -1.25. The first kappa shape index (κ1) is 9.31. The number of carbonyl (C=O) groups is 1. The van der Waals surface area contributed by atoms with Crippen molar-refractivity contribution in [2.45, 2.75) is 25.2 Å². The minimum atomic E-state index is -0.873. The minimum absolute atomic E-state index is 0.135. The van der Waals surface area contributed by atoms with Gasteiger partial charge in [0, 0.05) is 12.3 Å². The van der Waals surface area contributed by atoms with Crippen LogP contribution in [0.15, 0.2) is 18.2 Å². The quantitative estimate of drug-likeness (QED) is 0.675. The predicted octanol–water partition coefficient (Wildman–Crippen LogP) is 2.80. The molecule has 1 aromatic carbocycles. The fraction of sp³-hybridized carbons (Fsp3) is 0.364. The molecule has 3 heteroatoms. The van der Waals surface area contributed by atoms with Gasteiger partial charge in [-0.15, -0.1) is 0 Å². The zero-order chi connectivity index (χ0) is 10.1. The molecule has 0 N–H and O–H groups in total. The maximum Gasteiger partial charge on any atom is 0.159 e. The largest absolute Gasteiger partial charge is 0.299 e. The molecule has 14 heavy (non-hydrogen) atoms. The van der Waals surface area contributed by atoms with Crippen LogP contribution >= 0.6 is 0 Å². The molecule has 0 aliphatic heterocycles. The Morgan fingerprint density at radius 3 is 2.57 bits per heavy atom. The van der Waals surface area contributed by atoms with Crippen molar-refractivity contribution in [3.05, 3.63) is 35.4 Å². The molecule has 74 valence electrons. The third-order valence-electron chi connectivity index (χ3n) is 2.65. The molecule has 0 bridgehead atoms. The normalized spacial score (nSPS) is 21.6. The summed E-state index contributed by atoms with van der Waals surface area (Å²) in [4.78, 5) is 11.4. The summed E-state index contributed by atoms with van der Waals surface area (Å²) in [7, 11) is 0. The van der Waals surface area contributed by atoms with Crippen molar-refractivity contribution in [2.75, 3.05) is 0 Å². The second-order valence-electron chi connectivity index (χ2n) is 3.58. The minimum Gasteiger partial charge on any atom is -0.299 e. The molecule has 2 rings (SSSR count). The Morgan fingerprint density at radius 2 is 2.00 bits per heavy atom. The summed E-state index contributed by atoms with van der Waals surface area (Å²) in [5.74, 6) is -1.82. The third kappa shape index (κ3) is 1.54. The smallest absolute Gasteiger partial charge is 0.159 e. The van der Waals surface area contributed by atoms with E-state index in [0.29, 0.717) is 12.0 Å². The van der Waals surface area contributed by atoms with Gasteiger partial charge >= 0.3 is 0 Å². The fourth-order valence-electron chi connectivity index (χ4n) is 1.90. The van der Waals surface area contributed by atoms with Gasteiger partial charge in [-0.25, -0.2) is 8.78 Å². The standard InChI is InChI=1S/C11H10F2O/c12-9-5-4-7(6-10(9)13)8-2-1-3-11(8)14/h4-6,8H,1-3H2. The Bertz CT molecular complexity index is 374. The zero-order valence-electron chi connectivity index (χ0n) is 7.59. The lowest BCUT2D eigenvalue weighted by molar-refractivity contribution is -0.118. The highest BCUT2D eigenvalue weighted by Crippen LogP contribution is 2.31. The average molecular weight is 196 g/mol. The molecule has 0 amide bonds. The second kappa shape index (κ2) is 3.48. The molecule has 1 unspecified atom stereocenters. The van der Waals surface area contributed by atoms with Gasteiger partial charge in [-0.3, -0.25) is 4.79 Å². The highest BCUT2D eigenvalue weighted by molar-refractivity contribution is 5.87. The number of carbonyl (C=O) groups excluding carboxylic acids is 1. The lowest BCUT2D eigenvalue weighted by Gasteiger charge is -2.07. The Morgan fingerprint density at radius 1 is 1.21 bits per heavy atom. The molecule has 0 aromatic heterocycles. The van der Waals surface area contributed by atoms with Crippen LogP contribution in [-0.2, 0) is 4.79 Å². The molecule has 1 aliphatic rings. The van der Waals surface area contributed by atoms with Crippen LogP contribution in [0.4, 0.5) is 8.78 Å². The fourth-order valence-corrected chi connectivity index (χ4v) is 1.90. The number of Topliss-reactive ketones (excluding diaryl/α,β-unsaturated/α-hetero) is 1. The Balaban J connectivity index is 2.32. The van der Waals surface area contributed by atoms with Crippen molar-refractivity contribution in [3.8, 4) is 0 Å². The predicted molar refractivity (Wildman–Crippen MR) is 48.0 cm³/mol. The van der Waals surface area contributed by atoms with Gasteiger partial charge < -0.3 is 0 Å². The average Bonchev–Trinajstić information content (AvgIpc) is 2.57. The third-order valence-corrected chi connectivity index (χ3v) is 2.65. The van der Waals surface area contributed by atoms with Crippen LogP contribution in [-0.4, -0.2) is 5.78 Å². The summed E-state index contributed by atoms with van der Waals surface area (Å²) in [5, 5.41) is 0. The van der Waals surface area contributed by atoms with E-state index in [1.54, 1.807) is 0 Å². The van der Waals surface area contributed by atoms with Gasteiger partial charge in [-0.05, 0) is 30.5 Å². The topological polar surface area (TPSA) is 17.1 Å². The zero-order valence-corrected chi connectivity index (χ0v) is 7.59. The van der Waals surface area contributed by atoms with Crippen LogP contribution in [0.3, 0.4) is 0 Å². The maximum atomic E-state index is 12.9. The highest BCUT2D eigenvalue weighted by Gasteiger charge is 2.26. The van der Waals surface area contributed by atoms with Gasteiger partial charge in [0.2, 0.25) is 0 Å². The number of rotatable bonds is 1. The molecule has 0 heterocycles. The maximum absolute atomic E-state index is 12.9. The van der Waals surface area contributed by atoms with E-state index >= 15 is 0 Å². The summed E-state index contributed by atoms with van der Waals surface area (Å²) in [6.45, 7) is 0. The van der Waals surface area contributed by atoms with Crippen molar-refractivity contribution in [1.29, 1.82) is 0 Å². The summed E-state index contributed by atoms with van der Waals surface area (Å²) < 4.78 is 25.5. The highest BCUT2D eigenvalue weighted by atomic mass is 19.2. The van der Waals surface area contributed by atoms with E-state index in [2.05, 4.69) is 0 Å². The number of benzene rings is 1. The lowest BCUT2D eigenvalue weighted by Crippen LogP contribution is -2.04. The molecule has 0 spiro atoms. The first-order valence-corrected chi connectivity index (χ1v) is 4.66. The second-order valence-corrected chi connectivity index (χ2v) is 3.58. The van der Waals surface area contributed by atoms with E-state index in [0.717, 1.165) is 25.0 Å². The molecule has 0 radical (unpaired) electrons. The number of ketones is 1. The van der Waals surface area contributed by atoms with Crippen LogP contribution in [0.1, 0.15) is 30.7 Å². The molecule has 1 atom stereocenters. The van der Waals surface area contributed by atoms with Crippen LogP contribution in [0.2, 0.25) is 0 Å². The van der Waals surface area contributed by atoms with Crippen molar-refractivity contribution in [1.82, 2.24) is 0 Å². The molecule has 1 aliphatic carbocycles. The van der Waals surface area contributed by atoms with Gasteiger partial charge in [0.25, 0.3) is 0 Å². The SMILES string of the molecule is O=C1CCCC1c1ccc(F)c(F)c1. The van der Waals surface area contributed by atoms with E-state index in [4.69, 9.17) is 0 Å². The monoisotopic (exact) mass is 196 g/mol. The van der Waals surface area contributed by atoms with E-state index in [1.807, 2.05) is 0 Å². The van der Waals surface area contributed by atoms with Crippen molar-refractivity contribution in [2.24, 2.45) is 0 Å². The van der Waals surface area contributed by atoms with Gasteiger partial charge in [0.1, 0.15) is 5.78 Å². The van der Waals surface area contributed by atoms with E-state index in [1.165, 1.54) is 6.07 Å². The molecule has 1 fully saturated rings. The number of hydrogen-bond acceptors (Lipinski definition) is 1. The van der Waals surface area contributed by atoms with Crippen LogP contribution in [0.5, 0.6) is 0 Å². The Kier molecular flexibility index (Phi) is 2.32. The van der Waals surface area contributed by atoms with Gasteiger partial charge in [0.15, 0.2) is 11.6 Å². The van der Waals surface area contributed by atoms with Crippen LogP contribution in [0, 0.1) is 11.6 Å². The van der Waals surface area contributed by atoms with Gasteiger partial charge in [-0.2, -0.15) is 0 Å². The summed E-state index contributed by atoms with van der Waals surface area (Å²) in [6.07, 6.45) is 2.16. The molecular weight excluding hydrogens is 186 g/mol. The molecule has 0 saturated heterocycles. The van der Waals surface area contributed by atoms with Crippen LogP contribution < -0.4 is 0 Å². The lowest BCUT2D eigenvalue weighted by atomic mass is 9.97. The van der Waals surface area contributed by atoms with Crippen molar-refractivity contribution >= 4 is 5.78 Å². The van der Waals surface area contributed by atoms with Crippen molar-refractivity contribution < 1.29 is 13.6 Å². The van der Waals surface area contributed by atoms with E-state index in [9.17, 15) is 13.6 Å². The van der Waals surface area contributed by atoms with E-state index in [-0.39, 0.29) is 11.7 Å². The molecule has 1 aromatic rings. The van der Waals surface area contributed by atoms with Gasteiger partial charge in [0.05, 0.1) is 0 Å². The van der Waals surface area contributed by atoms with E-state index < -0.39 is 11.6 Å². The van der Waals surface area contributed by atoms with Crippen molar-refractivity contribution in [3.63, 3.8) is 0 Å². The summed E-state index contributed by atoms with van der Waals surface area (Å²) >= 11 is 0. The Labute approximate surface area is 80.7 Å².